The van der Waals surface area contributed by atoms with Gasteiger partial charge in [0.2, 0.25) is 5.91 Å². The molecule has 0 fully saturated rings. The number of benzene rings is 3. The van der Waals surface area contributed by atoms with Crippen molar-refractivity contribution in [3.8, 4) is 6.07 Å². The van der Waals surface area contributed by atoms with Crippen molar-refractivity contribution in [3.05, 3.63) is 99.9 Å². The first-order chi connectivity index (χ1) is 16.1. The molecule has 1 aliphatic rings. The van der Waals surface area contributed by atoms with Gasteiger partial charge in [-0.15, -0.1) is 0 Å². The second-order valence-corrected chi connectivity index (χ2v) is 8.55. The van der Waals surface area contributed by atoms with Crippen LogP contribution in [-0.2, 0) is 23.3 Å². The molecule has 0 radical (unpaired) electrons. The van der Waals surface area contributed by atoms with Gasteiger partial charge in [0.25, 0.3) is 5.91 Å². The average Bonchev–Trinajstić information content (AvgIpc) is 2.98. The second-order valence-electron chi connectivity index (χ2n) is 8.55. The summed E-state index contributed by atoms with van der Waals surface area (Å²) in [6.45, 7) is 3.24. The van der Waals surface area contributed by atoms with Crippen molar-refractivity contribution < 1.29 is 22.8 Å². The summed E-state index contributed by atoms with van der Waals surface area (Å²) < 4.78 is 40.9. The molecule has 172 valence electrons. The van der Waals surface area contributed by atoms with E-state index in [1.165, 1.54) is 11.0 Å². The molecule has 0 saturated carbocycles. The fraction of sp³-hybridized carbons (Fsp3) is 0.192. The van der Waals surface area contributed by atoms with Crippen LogP contribution in [0.15, 0.2) is 54.6 Å². The van der Waals surface area contributed by atoms with E-state index in [9.17, 15) is 28.0 Å². The number of carbonyl (C=O) groups is 2. The molecule has 34 heavy (non-hydrogen) atoms. The summed E-state index contributed by atoms with van der Waals surface area (Å²) in [6, 6.07) is 14.9. The fourth-order valence-corrected chi connectivity index (χ4v) is 4.09. The van der Waals surface area contributed by atoms with Crippen LogP contribution in [0.1, 0.15) is 46.5 Å². The van der Waals surface area contributed by atoms with Gasteiger partial charge in [0.1, 0.15) is 17.5 Å². The predicted octanol–water partition coefficient (Wildman–Crippen LogP) is 4.73. The summed E-state index contributed by atoms with van der Waals surface area (Å²) in [4.78, 5) is 27.5. The Morgan fingerprint density at radius 3 is 2.41 bits per heavy atom. The van der Waals surface area contributed by atoms with E-state index in [-0.39, 0.29) is 18.0 Å². The third-order valence-electron chi connectivity index (χ3n) is 6.00. The molecule has 0 aromatic heterocycles. The maximum atomic E-state index is 13.9. The lowest BCUT2D eigenvalue weighted by atomic mass is 9.86. The number of hydrogen-bond acceptors (Lipinski definition) is 3. The van der Waals surface area contributed by atoms with Gasteiger partial charge in [0.05, 0.1) is 23.6 Å². The van der Waals surface area contributed by atoms with Gasteiger partial charge in [-0.05, 0) is 43.2 Å². The van der Waals surface area contributed by atoms with Crippen molar-refractivity contribution in [1.82, 2.24) is 5.32 Å². The average molecular weight is 463 g/mol. The number of nitrogens with zero attached hydrogens (tertiary/aromatic N) is 2. The number of halogens is 3. The SMILES string of the molecule is CC1(C)C(=O)N(Cc2ccccc2C#N)c2cc(C(=O)NCc3c(F)cc(F)cc3F)ccc21. The van der Waals surface area contributed by atoms with Gasteiger partial charge in [-0.2, -0.15) is 5.26 Å². The Hall–Kier alpha value is -4.12. The van der Waals surface area contributed by atoms with Crippen molar-refractivity contribution in [2.24, 2.45) is 0 Å². The Morgan fingerprint density at radius 1 is 1.06 bits per heavy atom. The minimum atomic E-state index is -1.10. The first-order valence-electron chi connectivity index (χ1n) is 10.5. The Kier molecular flexibility index (Phi) is 5.88. The molecule has 1 heterocycles. The summed E-state index contributed by atoms with van der Waals surface area (Å²) in [6.07, 6.45) is 0. The molecular formula is C26H20F3N3O2. The van der Waals surface area contributed by atoms with Gasteiger partial charge in [0, 0.05) is 35.5 Å². The van der Waals surface area contributed by atoms with Crippen LogP contribution in [0.25, 0.3) is 0 Å². The molecule has 3 aromatic carbocycles. The zero-order valence-corrected chi connectivity index (χ0v) is 18.5. The predicted molar refractivity (Wildman–Crippen MR) is 119 cm³/mol. The molecule has 2 amide bonds. The number of amides is 2. The molecule has 0 saturated heterocycles. The zero-order valence-electron chi connectivity index (χ0n) is 18.5. The number of hydrogen-bond donors (Lipinski definition) is 1. The maximum absolute atomic E-state index is 13.9. The van der Waals surface area contributed by atoms with Crippen LogP contribution in [0, 0.1) is 28.8 Å². The molecule has 0 aliphatic carbocycles. The van der Waals surface area contributed by atoms with E-state index >= 15 is 0 Å². The van der Waals surface area contributed by atoms with Gasteiger partial charge in [-0.3, -0.25) is 9.59 Å². The van der Waals surface area contributed by atoms with Gasteiger partial charge >= 0.3 is 0 Å². The van der Waals surface area contributed by atoms with Crippen molar-refractivity contribution in [2.75, 3.05) is 4.90 Å². The molecule has 0 unspecified atom stereocenters. The Balaban J connectivity index is 1.63. The maximum Gasteiger partial charge on any atom is 0.251 e. The highest BCUT2D eigenvalue weighted by molar-refractivity contribution is 6.09. The monoisotopic (exact) mass is 463 g/mol. The number of rotatable bonds is 5. The summed E-state index contributed by atoms with van der Waals surface area (Å²) in [5, 5.41) is 11.8. The second kappa shape index (κ2) is 8.67. The fourth-order valence-electron chi connectivity index (χ4n) is 4.09. The van der Waals surface area contributed by atoms with Crippen LogP contribution in [0.2, 0.25) is 0 Å². The highest BCUT2D eigenvalue weighted by Crippen LogP contribution is 2.43. The normalized spacial score (nSPS) is 14.0. The minimum Gasteiger partial charge on any atom is -0.348 e. The van der Waals surface area contributed by atoms with Crippen LogP contribution in [0.3, 0.4) is 0 Å². The van der Waals surface area contributed by atoms with Gasteiger partial charge in [-0.25, -0.2) is 13.2 Å². The lowest BCUT2D eigenvalue weighted by Crippen LogP contribution is -2.35. The Bertz CT molecular complexity index is 1340. The molecule has 3 aromatic rings. The first-order valence-corrected chi connectivity index (χ1v) is 10.5. The smallest absolute Gasteiger partial charge is 0.251 e. The zero-order chi connectivity index (χ0) is 24.6. The quantitative estimate of drug-likeness (QED) is 0.595. The molecule has 4 rings (SSSR count). The van der Waals surface area contributed by atoms with Gasteiger partial charge in [-0.1, -0.05) is 24.3 Å². The van der Waals surface area contributed by atoms with Crippen LogP contribution >= 0.6 is 0 Å². The molecular weight excluding hydrogens is 443 g/mol. The minimum absolute atomic E-state index is 0.149. The Morgan fingerprint density at radius 2 is 1.74 bits per heavy atom. The number of nitrogens with one attached hydrogen (secondary N) is 1. The highest BCUT2D eigenvalue weighted by atomic mass is 19.1. The third kappa shape index (κ3) is 4.01. The number of fused-ring (bicyclic) bond motifs is 1. The van der Waals surface area contributed by atoms with Crippen LogP contribution in [0.4, 0.5) is 18.9 Å². The number of anilines is 1. The summed E-state index contributed by atoms with van der Waals surface area (Å²) in [5.74, 6) is -4.03. The molecule has 0 spiro atoms. The number of nitriles is 1. The van der Waals surface area contributed by atoms with E-state index < -0.39 is 40.9 Å². The van der Waals surface area contributed by atoms with E-state index in [0.29, 0.717) is 28.9 Å². The van der Waals surface area contributed by atoms with Crippen LogP contribution < -0.4 is 10.2 Å². The topological polar surface area (TPSA) is 73.2 Å². The molecule has 1 aliphatic heterocycles. The van der Waals surface area contributed by atoms with Gasteiger partial charge < -0.3 is 10.2 Å². The molecule has 5 nitrogen and oxygen atoms in total. The lowest BCUT2D eigenvalue weighted by Gasteiger charge is -2.21. The molecule has 0 bridgehead atoms. The third-order valence-corrected chi connectivity index (χ3v) is 6.00. The van der Waals surface area contributed by atoms with Crippen molar-refractivity contribution >= 4 is 17.5 Å². The van der Waals surface area contributed by atoms with E-state index in [1.807, 2.05) is 0 Å². The number of carbonyl (C=O) groups excluding carboxylic acids is 2. The van der Waals surface area contributed by atoms with Crippen LogP contribution in [-0.4, -0.2) is 11.8 Å². The largest absolute Gasteiger partial charge is 0.348 e. The van der Waals surface area contributed by atoms with E-state index in [1.54, 1.807) is 50.2 Å². The lowest BCUT2D eigenvalue weighted by molar-refractivity contribution is -0.122. The summed E-state index contributed by atoms with van der Waals surface area (Å²) >= 11 is 0. The first kappa shape index (κ1) is 23.1. The van der Waals surface area contributed by atoms with E-state index in [2.05, 4.69) is 11.4 Å². The molecule has 0 atom stereocenters. The molecule has 8 heteroatoms. The van der Waals surface area contributed by atoms with Crippen LogP contribution in [0.5, 0.6) is 0 Å². The van der Waals surface area contributed by atoms with Crippen molar-refractivity contribution in [1.29, 1.82) is 5.26 Å². The van der Waals surface area contributed by atoms with E-state index in [4.69, 9.17) is 0 Å². The van der Waals surface area contributed by atoms with Gasteiger partial charge in [0.15, 0.2) is 0 Å². The van der Waals surface area contributed by atoms with Crippen molar-refractivity contribution in [2.45, 2.75) is 32.4 Å². The summed E-state index contributed by atoms with van der Waals surface area (Å²) in [5.41, 5.74) is 1.24. The van der Waals surface area contributed by atoms with Crippen molar-refractivity contribution in [3.63, 3.8) is 0 Å². The standard InChI is InChI=1S/C26H20F3N3O2/c1-26(2)20-8-7-15(24(33)31-13-19-21(28)10-18(27)11-22(19)29)9-23(20)32(25(26)34)14-17-6-4-3-5-16(17)12-30/h3-11H,13-14H2,1-2H3,(H,31,33). The highest BCUT2D eigenvalue weighted by Gasteiger charge is 2.44. The van der Waals surface area contributed by atoms with E-state index in [0.717, 1.165) is 5.56 Å². The Labute approximate surface area is 194 Å². The summed E-state index contributed by atoms with van der Waals surface area (Å²) in [7, 11) is 0. The molecule has 1 N–H and O–H groups in total.